The van der Waals surface area contributed by atoms with E-state index in [2.05, 4.69) is 5.32 Å². The van der Waals surface area contributed by atoms with Gasteiger partial charge in [0.2, 0.25) is 0 Å². The highest BCUT2D eigenvalue weighted by atomic mass is 35.5. The summed E-state index contributed by atoms with van der Waals surface area (Å²) in [5.74, 6) is -0.0689. The smallest absolute Gasteiger partial charge is 0.253 e. The van der Waals surface area contributed by atoms with Crippen LogP contribution in [-0.4, -0.2) is 35.8 Å². The van der Waals surface area contributed by atoms with Crippen molar-refractivity contribution in [3.05, 3.63) is 70.7 Å². The van der Waals surface area contributed by atoms with Crippen LogP contribution in [0.2, 0.25) is 5.02 Å². The highest BCUT2D eigenvalue weighted by Crippen LogP contribution is 2.16. The molecule has 4 nitrogen and oxygen atoms in total. The molecule has 2 aromatic carbocycles. The van der Waals surface area contributed by atoms with E-state index in [-0.39, 0.29) is 17.9 Å². The first-order valence-electron chi connectivity index (χ1n) is 8.04. The molecular formula is C19H19ClN2O2. The molecule has 1 heterocycles. The van der Waals surface area contributed by atoms with Gasteiger partial charge in [-0.1, -0.05) is 35.9 Å². The summed E-state index contributed by atoms with van der Waals surface area (Å²) in [6.45, 7) is 1.29. The first-order valence-corrected chi connectivity index (χ1v) is 8.42. The quantitative estimate of drug-likeness (QED) is 0.929. The molecule has 0 unspecified atom stereocenters. The van der Waals surface area contributed by atoms with Crippen LogP contribution >= 0.6 is 11.6 Å². The number of piperidine rings is 1. The van der Waals surface area contributed by atoms with E-state index in [4.69, 9.17) is 11.6 Å². The van der Waals surface area contributed by atoms with Crippen LogP contribution in [0.5, 0.6) is 0 Å². The summed E-state index contributed by atoms with van der Waals surface area (Å²) in [5, 5.41) is 3.57. The van der Waals surface area contributed by atoms with Crippen LogP contribution < -0.4 is 5.32 Å². The summed E-state index contributed by atoms with van der Waals surface area (Å²) in [7, 11) is 0. The lowest BCUT2D eigenvalue weighted by Crippen LogP contribution is -2.46. The highest BCUT2D eigenvalue weighted by Gasteiger charge is 2.24. The van der Waals surface area contributed by atoms with Gasteiger partial charge in [0.25, 0.3) is 11.8 Å². The fraction of sp³-hybridized carbons (Fsp3) is 0.263. The van der Waals surface area contributed by atoms with Gasteiger partial charge in [0, 0.05) is 35.3 Å². The van der Waals surface area contributed by atoms with E-state index in [1.807, 2.05) is 35.2 Å². The highest BCUT2D eigenvalue weighted by molar-refractivity contribution is 6.30. The Bertz CT molecular complexity index is 725. The number of carbonyl (C=O) groups is 2. The third kappa shape index (κ3) is 3.95. The topological polar surface area (TPSA) is 49.4 Å². The molecule has 0 bridgehead atoms. The van der Waals surface area contributed by atoms with Crippen molar-refractivity contribution >= 4 is 23.4 Å². The molecule has 5 heteroatoms. The molecule has 0 atom stereocenters. The molecule has 0 aromatic heterocycles. The molecule has 1 aliphatic heterocycles. The van der Waals surface area contributed by atoms with Crippen LogP contribution in [0.3, 0.4) is 0 Å². The average Bonchev–Trinajstić information content (AvgIpc) is 2.62. The van der Waals surface area contributed by atoms with Crippen molar-refractivity contribution in [2.24, 2.45) is 0 Å². The Morgan fingerprint density at radius 2 is 1.62 bits per heavy atom. The van der Waals surface area contributed by atoms with Crippen LogP contribution in [0.1, 0.15) is 33.6 Å². The number of amides is 2. The molecule has 1 aliphatic rings. The van der Waals surface area contributed by atoms with Crippen LogP contribution in [0.15, 0.2) is 54.6 Å². The van der Waals surface area contributed by atoms with Crippen LogP contribution in [0.25, 0.3) is 0 Å². The van der Waals surface area contributed by atoms with E-state index >= 15 is 0 Å². The van der Waals surface area contributed by atoms with Gasteiger partial charge in [-0.05, 0) is 43.2 Å². The molecule has 24 heavy (non-hydrogen) atoms. The van der Waals surface area contributed by atoms with Crippen LogP contribution in [0, 0.1) is 0 Å². The van der Waals surface area contributed by atoms with Gasteiger partial charge in [0.15, 0.2) is 0 Å². The third-order valence-corrected chi connectivity index (χ3v) is 4.46. The number of nitrogens with zero attached hydrogens (tertiary/aromatic N) is 1. The monoisotopic (exact) mass is 342 g/mol. The first kappa shape index (κ1) is 16.5. The molecule has 1 fully saturated rings. The van der Waals surface area contributed by atoms with E-state index < -0.39 is 0 Å². The Morgan fingerprint density at radius 3 is 2.29 bits per heavy atom. The molecule has 124 valence electrons. The summed E-state index contributed by atoms with van der Waals surface area (Å²) < 4.78 is 0. The SMILES string of the molecule is O=C(NC1CCN(C(=O)c2ccccc2)CC1)c1cccc(Cl)c1. The summed E-state index contributed by atoms with van der Waals surface area (Å²) in [6.07, 6.45) is 1.51. The molecule has 0 aliphatic carbocycles. The number of rotatable bonds is 3. The summed E-state index contributed by atoms with van der Waals surface area (Å²) in [6, 6.07) is 16.3. The Labute approximate surface area is 146 Å². The summed E-state index contributed by atoms with van der Waals surface area (Å²) >= 11 is 5.92. The maximum Gasteiger partial charge on any atom is 0.253 e. The fourth-order valence-corrected chi connectivity index (χ4v) is 3.08. The standard InChI is InChI=1S/C19H19ClN2O2/c20-16-8-4-7-15(13-16)18(23)21-17-9-11-22(12-10-17)19(24)14-5-2-1-3-6-14/h1-8,13,17H,9-12H2,(H,21,23). The van der Waals surface area contributed by atoms with Crippen molar-refractivity contribution in [2.75, 3.05) is 13.1 Å². The van der Waals surface area contributed by atoms with E-state index in [0.717, 1.165) is 12.8 Å². The van der Waals surface area contributed by atoms with E-state index in [9.17, 15) is 9.59 Å². The van der Waals surface area contributed by atoms with Gasteiger partial charge in [-0.3, -0.25) is 9.59 Å². The van der Waals surface area contributed by atoms with Crippen molar-refractivity contribution in [2.45, 2.75) is 18.9 Å². The number of likely N-dealkylation sites (tertiary alicyclic amines) is 1. The Kier molecular flexibility index (Phi) is 5.16. The number of nitrogens with one attached hydrogen (secondary N) is 1. The Hall–Kier alpha value is -2.33. The molecule has 1 saturated heterocycles. The fourth-order valence-electron chi connectivity index (χ4n) is 2.89. The predicted molar refractivity (Wildman–Crippen MR) is 94.3 cm³/mol. The number of benzene rings is 2. The molecule has 0 spiro atoms. The Balaban J connectivity index is 1.54. The second-order valence-electron chi connectivity index (χ2n) is 5.92. The normalized spacial score (nSPS) is 15.1. The van der Waals surface area contributed by atoms with Gasteiger partial charge in [-0.2, -0.15) is 0 Å². The van der Waals surface area contributed by atoms with Gasteiger partial charge in [0.05, 0.1) is 0 Å². The second-order valence-corrected chi connectivity index (χ2v) is 6.35. The molecule has 0 radical (unpaired) electrons. The van der Waals surface area contributed by atoms with Crippen molar-refractivity contribution < 1.29 is 9.59 Å². The van der Waals surface area contributed by atoms with Crippen LogP contribution in [-0.2, 0) is 0 Å². The van der Waals surface area contributed by atoms with E-state index in [1.54, 1.807) is 24.3 Å². The molecule has 2 amide bonds. The summed E-state index contributed by atoms with van der Waals surface area (Å²) in [5.41, 5.74) is 1.27. The average molecular weight is 343 g/mol. The lowest BCUT2D eigenvalue weighted by molar-refractivity contribution is 0.0698. The number of hydrogen-bond donors (Lipinski definition) is 1. The largest absolute Gasteiger partial charge is 0.349 e. The van der Waals surface area contributed by atoms with Gasteiger partial charge in [0.1, 0.15) is 0 Å². The minimum absolute atomic E-state index is 0.0511. The van der Waals surface area contributed by atoms with Crippen molar-refractivity contribution in [1.82, 2.24) is 10.2 Å². The lowest BCUT2D eigenvalue weighted by Gasteiger charge is -2.32. The molecule has 2 aromatic rings. The van der Waals surface area contributed by atoms with Crippen molar-refractivity contribution in [3.8, 4) is 0 Å². The van der Waals surface area contributed by atoms with Gasteiger partial charge < -0.3 is 10.2 Å². The van der Waals surface area contributed by atoms with E-state index in [0.29, 0.717) is 29.2 Å². The maximum atomic E-state index is 12.4. The second kappa shape index (κ2) is 7.49. The zero-order valence-electron chi connectivity index (χ0n) is 13.2. The van der Waals surface area contributed by atoms with Gasteiger partial charge >= 0.3 is 0 Å². The molecule has 0 saturated carbocycles. The van der Waals surface area contributed by atoms with Gasteiger partial charge in [-0.25, -0.2) is 0 Å². The summed E-state index contributed by atoms with van der Waals surface area (Å²) in [4.78, 5) is 26.5. The molecule has 1 N–H and O–H groups in total. The lowest BCUT2D eigenvalue weighted by atomic mass is 10.0. The van der Waals surface area contributed by atoms with Crippen LogP contribution in [0.4, 0.5) is 0 Å². The predicted octanol–water partition coefficient (Wildman–Crippen LogP) is 3.37. The third-order valence-electron chi connectivity index (χ3n) is 4.22. The first-order chi connectivity index (χ1) is 11.6. The number of hydrogen-bond acceptors (Lipinski definition) is 2. The molecule has 3 rings (SSSR count). The Morgan fingerprint density at radius 1 is 0.958 bits per heavy atom. The van der Waals surface area contributed by atoms with E-state index in [1.165, 1.54) is 0 Å². The van der Waals surface area contributed by atoms with Crippen molar-refractivity contribution in [3.63, 3.8) is 0 Å². The number of halogens is 1. The minimum Gasteiger partial charge on any atom is -0.349 e. The van der Waals surface area contributed by atoms with Gasteiger partial charge in [-0.15, -0.1) is 0 Å². The maximum absolute atomic E-state index is 12.4. The van der Waals surface area contributed by atoms with Crippen molar-refractivity contribution in [1.29, 1.82) is 0 Å². The molecular weight excluding hydrogens is 324 g/mol. The minimum atomic E-state index is -0.120. The zero-order chi connectivity index (χ0) is 16.9. The number of carbonyl (C=O) groups excluding carboxylic acids is 2. The zero-order valence-corrected chi connectivity index (χ0v) is 14.0.